The minimum Gasteiger partial charge on any atom is -0.387 e. The average Bonchev–Trinajstić information content (AvgIpc) is 3.05. The van der Waals surface area contributed by atoms with Crippen molar-refractivity contribution in [2.24, 2.45) is 0 Å². The van der Waals surface area contributed by atoms with Gasteiger partial charge in [0.25, 0.3) is 10.1 Å². The fourth-order valence-electron chi connectivity index (χ4n) is 6.10. The molecule has 284 valence electrons. The highest BCUT2D eigenvalue weighted by atomic mass is 32.2. The highest BCUT2D eigenvalue weighted by molar-refractivity contribution is 7.85. The number of carbonyl (C=O) groups is 1. The van der Waals surface area contributed by atoms with E-state index in [0.29, 0.717) is 6.42 Å². The minimum atomic E-state index is -4.44. The molecule has 0 aromatic carbocycles. The van der Waals surface area contributed by atoms with Crippen LogP contribution in [0.5, 0.6) is 0 Å². The summed E-state index contributed by atoms with van der Waals surface area (Å²) < 4.78 is 32.4. The number of rotatable bonds is 36. The molecule has 0 aliphatic rings. The Kier molecular flexibility index (Phi) is 33.4. The van der Waals surface area contributed by atoms with Crippen LogP contribution in [0.2, 0.25) is 0 Å². The molecule has 0 aliphatic carbocycles. The summed E-state index contributed by atoms with van der Waals surface area (Å²) in [7, 11) is -4.44. The zero-order valence-electron chi connectivity index (χ0n) is 31.2. The quantitative estimate of drug-likeness (QED) is 0.0293. The van der Waals surface area contributed by atoms with Crippen molar-refractivity contribution in [3.8, 4) is 0 Å². The molecule has 0 heterocycles. The van der Waals surface area contributed by atoms with E-state index in [1.165, 1.54) is 134 Å². The highest BCUT2D eigenvalue weighted by Gasteiger charge is 2.27. The second-order valence-electron chi connectivity index (χ2n) is 14.1. The third kappa shape index (κ3) is 33.3. The molecule has 0 saturated heterocycles. The number of carbonyl (C=O) groups excluding carboxylic acids is 1. The molecule has 3 atom stereocenters. The molecule has 0 saturated carbocycles. The van der Waals surface area contributed by atoms with E-state index in [-0.39, 0.29) is 6.42 Å². The molecular weight excluding hydrogens is 623 g/mol. The van der Waals surface area contributed by atoms with Gasteiger partial charge in [-0.2, -0.15) is 8.42 Å². The van der Waals surface area contributed by atoms with E-state index in [9.17, 15) is 28.0 Å². The number of nitrogens with one attached hydrogen (secondary N) is 1. The molecule has 7 nitrogen and oxygen atoms in total. The Labute approximate surface area is 297 Å². The molecule has 48 heavy (non-hydrogen) atoms. The molecular formula is C40H77NO6S. The van der Waals surface area contributed by atoms with Gasteiger partial charge in [-0.25, -0.2) is 0 Å². The monoisotopic (exact) mass is 700 g/mol. The normalized spacial score (nSPS) is 14.2. The molecule has 8 heteroatoms. The summed E-state index contributed by atoms with van der Waals surface area (Å²) in [5.74, 6) is -1.54. The predicted octanol–water partition coefficient (Wildman–Crippen LogP) is 10.5. The van der Waals surface area contributed by atoms with Gasteiger partial charge in [-0.15, -0.1) is 0 Å². The topological polar surface area (TPSA) is 124 Å². The third-order valence-electron chi connectivity index (χ3n) is 9.23. The summed E-state index contributed by atoms with van der Waals surface area (Å²) in [6.45, 7) is 4.49. The van der Waals surface area contributed by atoms with Gasteiger partial charge < -0.3 is 15.5 Å². The molecule has 0 rings (SSSR count). The number of aliphatic hydroxyl groups is 2. The zero-order chi connectivity index (χ0) is 35.6. The Hall–Kier alpha value is -1.22. The number of amides is 1. The van der Waals surface area contributed by atoms with Crippen LogP contribution in [0.15, 0.2) is 24.3 Å². The van der Waals surface area contributed by atoms with E-state index in [2.05, 4.69) is 31.3 Å². The van der Waals surface area contributed by atoms with Crippen molar-refractivity contribution < 1.29 is 28.0 Å². The Bertz CT molecular complexity index is 875. The molecule has 0 fully saturated rings. The van der Waals surface area contributed by atoms with Gasteiger partial charge >= 0.3 is 0 Å². The van der Waals surface area contributed by atoms with E-state index >= 15 is 0 Å². The maximum absolute atomic E-state index is 12.6. The second-order valence-corrected chi connectivity index (χ2v) is 15.6. The Morgan fingerprint density at radius 2 is 0.917 bits per heavy atom. The van der Waals surface area contributed by atoms with Crippen molar-refractivity contribution in [2.75, 3.05) is 5.75 Å². The molecule has 0 aromatic heterocycles. The minimum absolute atomic E-state index is 0.274. The van der Waals surface area contributed by atoms with E-state index in [4.69, 9.17) is 0 Å². The van der Waals surface area contributed by atoms with Crippen LogP contribution in [-0.4, -0.2) is 53.1 Å². The van der Waals surface area contributed by atoms with E-state index < -0.39 is 40.0 Å². The first-order valence-corrected chi connectivity index (χ1v) is 21.8. The fourth-order valence-corrected chi connectivity index (χ4v) is 6.83. The van der Waals surface area contributed by atoms with Crippen molar-refractivity contribution in [1.29, 1.82) is 0 Å². The molecule has 0 bridgehead atoms. The maximum Gasteiger partial charge on any atom is 0.267 e. The van der Waals surface area contributed by atoms with Crippen LogP contribution in [-0.2, 0) is 14.9 Å². The molecule has 0 radical (unpaired) electrons. The second kappa shape index (κ2) is 34.2. The molecule has 4 N–H and O–H groups in total. The number of aliphatic hydroxyl groups excluding tert-OH is 2. The summed E-state index contributed by atoms with van der Waals surface area (Å²) in [5, 5.41) is 23.3. The fraction of sp³-hybridized carbons (Fsp3) is 0.875. The van der Waals surface area contributed by atoms with Gasteiger partial charge in [0.15, 0.2) is 0 Å². The smallest absolute Gasteiger partial charge is 0.267 e. The molecule has 0 aromatic rings. The number of unbranched alkanes of at least 4 members (excludes halogenated alkanes) is 25. The van der Waals surface area contributed by atoms with Crippen LogP contribution in [0.3, 0.4) is 0 Å². The zero-order valence-corrected chi connectivity index (χ0v) is 32.0. The van der Waals surface area contributed by atoms with Gasteiger partial charge in [-0.05, 0) is 44.9 Å². The lowest BCUT2D eigenvalue weighted by Gasteiger charge is -2.22. The van der Waals surface area contributed by atoms with Gasteiger partial charge in [0.1, 0.15) is 6.10 Å². The summed E-state index contributed by atoms with van der Waals surface area (Å²) in [4.78, 5) is 12.6. The Morgan fingerprint density at radius 3 is 1.31 bits per heavy atom. The molecule has 3 unspecified atom stereocenters. The van der Waals surface area contributed by atoms with Crippen molar-refractivity contribution in [2.45, 2.75) is 218 Å². The van der Waals surface area contributed by atoms with Gasteiger partial charge in [-0.1, -0.05) is 179 Å². The predicted molar refractivity (Wildman–Crippen MR) is 204 cm³/mol. The number of hydrogen-bond donors (Lipinski definition) is 4. The summed E-state index contributed by atoms with van der Waals surface area (Å²) in [5.41, 5.74) is 0. The molecule has 1 amide bonds. The number of hydrogen-bond acceptors (Lipinski definition) is 5. The molecule has 0 spiro atoms. The summed E-state index contributed by atoms with van der Waals surface area (Å²) in [6.07, 6.45) is 39.5. The van der Waals surface area contributed by atoms with Gasteiger partial charge in [0.2, 0.25) is 5.91 Å². The first-order valence-electron chi connectivity index (χ1n) is 20.1. The summed E-state index contributed by atoms with van der Waals surface area (Å²) >= 11 is 0. The van der Waals surface area contributed by atoms with Crippen LogP contribution >= 0.6 is 0 Å². The van der Waals surface area contributed by atoms with Crippen LogP contribution in [0.4, 0.5) is 0 Å². The Morgan fingerprint density at radius 1 is 0.562 bits per heavy atom. The maximum atomic E-state index is 12.6. The van der Waals surface area contributed by atoms with Crippen LogP contribution in [0.25, 0.3) is 0 Å². The SMILES string of the molecule is CCCCCCCCCCC/C=C/C(O)C(CS(=O)(=O)O)NC(=O)C(O)CCCCCCCC/C=C\CCCCCCCCCCCC. The van der Waals surface area contributed by atoms with Crippen molar-refractivity contribution in [1.82, 2.24) is 5.32 Å². The Balaban J connectivity index is 3.99. The first-order chi connectivity index (χ1) is 23.2. The van der Waals surface area contributed by atoms with Crippen LogP contribution in [0, 0.1) is 0 Å². The highest BCUT2D eigenvalue weighted by Crippen LogP contribution is 2.14. The lowest BCUT2D eigenvalue weighted by Crippen LogP contribution is -2.50. The van der Waals surface area contributed by atoms with Crippen molar-refractivity contribution >= 4 is 16.0 Å². The standard InChI is InChI=1S/C40H77NO6S/c1-3-5-7-9-11-13-15-16-17-18-19-20-21-22-23-25-27-29-31-33-35-39(43)40(44)41-37(36-48(45,46)47)38(42)34-32-30-28-26-24-14-12-10-8-6-4-2/h20-21,32,34,37-39,42-43H,3-19,22-31,33,35-36H2,1-2H3,(H,41,44)(H,45,46,47)/b21-20-,34-32+. The molecule has 0 aliphatic heterocycles. The van der Waals surface area contributed by atoms with E-state index in [1.807, 2.05) is 0 Å². The van der Waals surface area contributed by atoms with Crippen LogP contribution in [0.1, 0.15) is 200 Å². The summed E-state index contributed by atoms with van der Waals surface area (Å²) in [6, 6.07) is -1.23. The van der Waals surface area contributed by atoms with Gasteiger partial charge in [-0.3, -0.25) is 9.35 Å². The third-order valence-corrected chi connectivity index (χ3v) is 10.0. The van der Waals surface area contributed by atoms with Gasteiger partial charge in [0.05, 0.1) is 17.9 Å². The lowest BCUT2D eigenvalue weighted by molar-refractivity contribution is -0.130. The van der Waals surface area contributed by atoms with E-state index in [1.54, 1.807) is 6.08 Å². The van der Waals surface area contributed by atoms with Gasteiger partial charge in [0, 0.05) is 0 Å². The van der Waals surface area contributed by atoms with Crippen molar-refractivity contribution in [3.05, 3.63) is 24.3 Å². The largest absolute Gasteiger partial charge is 0.387 e. The van der Waals surface area contributed by atoms with Crippen molar-refractivity contribution in [3.63, 3.8) is 0 Å². The number of allylic oxidation sites excluding steroid dienone is 3. The first kappa shape index (κ1) is 46.8. The van der Waals surface area contributed by atoms with E-state index in [0.717, 1.165) is 44.9 Å². The van der Waals surface area contributed by atoms with Crippen LogP contribution < -0.4 is 5.32 Å². The average molecular weight is 700 g/mol. The lowest BCUT2D eigenvalue weighted by atomic mass is 10.0.